The molecule has 1 aliphatic carbocycles. The Labute approximate surface area is 161 Å². The van der Waals surface area contributed by atoms with Gasteiger partial charge >= 0.3 is 0 Å². The van der Waals surface area contributed by atoms with Crippen molar-refractivity contribution in [1.29, 1.82) is 0 Å². The maximum absolute atomic E-state index is 5.61. The first-order chi connectivity index (χ1) is 12.7. The van der Waals surface area contributed by atoms with Gasteiger partial charge in [-0.2, -0.15) is 0 Å². The Balaban J connectivity index is 2.40. The number of guanidine groups is 1. The molecule has 0 radical (unpaired) electrons. The summed E-state index contributed by atoms with van der Waals surface area (Å²) in [5.74, 6) is 0.953. The molecule has 1 aliphatic rings. The Morgan fingerprint density at radius 3 is 2.54 bits per heavy atom. The fourth-order valence-electron chi connectivity index (χ4n) is 3.55. The zero-order valence-corrected chi connectivity index (χ0v) is 17.6. The molecule has 0 amide bonds. The minimum absolute atomic E-state index is 0.345. The molecular formula is C20H42N4O2. The van der Waals surface area contributed by atoms with Gasteiger partial charge < -0.3 is 25.0 Å². The summed E-state index contributed by atoms with van der Waals surface area (Å²) in [5, 5.41) is 6.88. The van der Waals surface area contributed by atoms with E-state index in [9.17, 15) is 0 Å². The van der Waals surface area contributed by atoms with E-state index in [4.69, 9.17) is 14.5 Å². The molecule has 0 aromatic carbocycles. The molecule has 0 heterocycles. The summed E-state index contributed by atoms with van der Waals surface area (Å²) in [6.07, 6.45) is 7.47. The first-order valence-electron chi connectivity index (χ1n) is 10.4. The van der Waals surface area contributed by atoms with Crippen LogP contribution in [0.4, 0.5) is 0 Å². The van der Waals surface area contributed by atoms with Gasteiger partial charge in [-0.05, 0) is 58.5 Å². The van der Waals surface area contributed by atoms with E-state index in [-0.39, 0.29) is 0 Å². The number of hydrogen-bond donors (Lipinski definition) is 2. The van der Waals surface area contributed by atoms with Gasteiger partial charge in [0.15, 0.2) is 5.96 Å². The number of rotatable bonds is 14. The summed E-state index contributed by atoms with van der Waals surface area (Å²) < 4.78 is 10.7. The molecule has 6 heteroatoms. The summed E-state index contributed by atoms with van der Waals surface area (Å²) in [7, 11) is 3.89. The highest BCUT2D eigenvalue weighted by Gasteiger charge is 2.33. The van der Waals surface area contributed by atoms with Crippen molar-refractivity contribution in [1.82, 2.24) is 15.5 Å². The van der Waals surface area contributed by atoms with E-state index in [1.807, 2.05) is 0 Å². The fraction of sp³-hybridized carbons (Fsp3) is 0.950. The number of likely N-dealkylation sites (N-methyl/N-ethyl adjacent to an activating group) is 1. The third kappa shape index (κ3) is 9.74. The number of nitrogens with one attached hydrogen (secondary N) is 2. The van der Waals surface area contributed by atoms with Crippen LogP contribution in [-0.4, -0.2) is 77.6 Å². The van der Waals surface area contributed by atoms with Gasteiger partial charge in [0.25, 0.3) is 0 Å². The van der Waals surface area contributed by atoms with Crippen LogP contribution < -0.4 is 10.6 Å². The summed E-state index contributed by atoms with van der Waals surface area (Å²) >= 11 is 0. The Morgan fingerprint density at radius 1 is 1.12 bits per heavy atom. The van der Waals surface area contributed by atoms with Crippen LogP contribution in [0.15, 0.2) is 4.99 Å². The van der Waals surface area contributed by atoms with E-state index >= 15 is 0 Å². The fourth-order valence-corrected chi connectivity index (χ4v) is 3.55. The lowest BCUT2D eigenvalue weighted by Gasteiger charge is -2.27. The summed E-state index contributed by atoms with van der Waals surface area (Å²) in [6.45, 7) is 11.4. The van der Waals surface area contributed by atoms with Crippen molar-refractivity contribution >= 4 is 5.96 Å². The Hall–Kier alpha value is -0.850. The molecular weight excluding hydrogens is 328 g/mol. The molecule has 26 heavy (non-hydrogen) atoms. The van der Waals surface area contributed by atoms with Gasteiger partial charge in [0, 0.05) is 46.5 Å². The molecule has 1 rings (SSSR count). The van der Waals surface area contributed by atoms with Gasteiger partial charge in [-0.3, -0.25) is 4.99 Å². The topological polar surface area (TPSA) is 58.1 Å². The number of nitrogens with zero attached hydrogens (tertiary/aromatic N) is 2. The van der Waals surface area contributed by atoms with Crippen molar-refractivity contribution in [3.05, 3.63) is 0 Å². The van der Waals surface area contributed by atoms with Crippen LogP contribution in [0.1, 0.15) is 52.4 Å². The van der Waals surface area contributed by atoms with Crippen LogP contribution in [0.2, 0.25) is 0 Å². The maximum atomic E-state index is 5.61. The van der Waals surface area contributed by atoms with Crippen LogP contribution in [0.25, 0.3) is 0 Å². The highest BCUT2D eigenvalue weighted by atomic mass is 16.5. The monoisotopic (exact) mass is 370 g/mol. The zero-order chi connectivity index (χ0) is 19.1. The average Bonchev–Trinajstić information content (AvgIpc) is 3.10. The number of methoxy groups -OCH3 is 1. The molecule has 1 saturated carbocycles. The van der Waals surface area contributed by atoms with E-state index in [1.165, 1.54) is 25.7 Å². The molecule has 0 atom stereocenters. The van der Waals surface area contributed by atoms with Crippen LogP contribution in [0, 0.1) is 5.41 Å². The Morgan fingerprint density at radius 2 is 1.88 bits per heavy atom. The van der Waals surface area contributed by atoms with Crippen molar-refractivity contribution in [3.63, 3.8) is 0 Å². The van der Waals surface area contributed by atoms with Crippen LogP contribution in [0.3, 0.4) is 0 Å². The first kappa shape index (κ1) is 23.2. The molecule has 0 unspecified atom stereocenters. The second kappa shape index (κ2) is 14.2. The maximum Gasteiger partial charge on any atom is 0.191 e. The molecule has 2 N–H and O–H groups in total. The third-order valence-electron chi connectivity index (χ3n) is 5.25. The van der Waals surface area contributed by atoms with Gasteiger partial charge in [0.05, 0.1) is 6.61 Å². The molecule has 0 bridgehead atoms. The van der Waals surface area contributed by atoms with Crippen molar-refractivity contribution in [2.45, 2.75) is 52.4 Å². The largest absolute Gasteiger partial charge is 0.383 e. The predicted octanol–water partition coefficient (Wildman–Crippen LogP) is 2.50. The SMILES string of the molecule is CCNC(=NCC1(CCOCC)CCCC1)NCCCN(C)CCOC. The average molecular weight is 371 g/mol. The highest BCUT2D eigenvalue weighted by molar-refractivity contribution is 5.79. The summed E-state index contributed by atoms with van der Waals surface area (Å²) in [6, 6.07) is 0. The predicted molar refractivity (Wildman–Crippen MR) is 110 cm³/mol. The lowest BCUT2D eigenvalue weighted by molar-refractivity contribution is 0.107. The van der Waals surface area contributed by atoms with E-state index < -0.39 is 0 Å². The molecule has 0 spiro atoms. The Kier molecular flexibility index (Phi) is 12.7. The van der Waals surface area contributed by atoms with Crippen LogP contribution >= 0.6 is 0 Å². The van der Waals surface area contributed by atoms with E-state index in [1.54, 1.807) is 7.11 Å². The molecule has 154 valence electrons. The number of hydrogen-bond acceptors (Lipinski definition) is 4. The van der Waals surface area contributed by atoms with Crippen molar-refractivity contribution in [2.24, 2.45) is 10.4 Å². The van der Waals surface area contributed by atoms with E-state index in [0.717, 1.165) is 71.3 Å². The first-order valence-corrected chi connectivity index (χ1v) is 10.4. The Bertz CT molecular complexity index is 371. The standard InChI is InChI=1S/C20H42N4O2/c1-5-21-19(22-13-9-14-24(3)15-17-25-4)23-18-20(10-7-8-11-20)12-16-26-6-2/h5-18H2,1-4H3,(H2,21,22,23). The van der Waals surface area contributed by atoms with Gasteiger partial charge in [0.1, 0.15) is 0 Å². The van der Waals surface area contributed by atoms with Crippen LogP contribution in [0.5, 0.6) is 0 Å². The minimum atomic E-state index is 0.345. The molecule has 6 nitrogen and oxygen atoms in total. The second-order valence-electron chi connectivity index (χ2n) is 7.43. The van der Waals surface area contributed by atoms with Crippen molar-refractivity contribution < 1.29 is 9.47 Å². The quantitative estimate of drug-likeness (QED) is 0.279. The normalized spacial score (nSPS) is 17.0. The van der Waals surface area contributed by atoms with Crippen LogP contribution in [-0.2, 0) is 9.47 Å². The lowest BCUT2D eigenvalue weighted by atomic mass is 9.83. The van der Waals surface area contributed by atoms with Gasteiger partial charge in [-0.15, -0.1) is 0 Å². The molecule has 0 saturated heterocycles. The van der Waals surface area contributed by atoms with E-state index in [0.29, 0.717) is 5.41 Å². The van der Waals surface area contributed by atoms with Gasteiger partial charge in [-0.25, -0.2) is 0 Å². The number of aliphatic imine (C=N–C) groups is 1. The highest BCUT2D eigenvalue weighted by Crippen LogP contribution is 2.41. The van der Waals surface area contributed by atoms with Crippen molar-refractivity contribution in [3.8, 4) is 0 Å². The van der Waals surface area contributed by atoms with Crippen molar-refractivity contribution in [2.75, 3.05) is 66.7 Å². The summed E-state index contributed by atoms with van der Waals surface area (Å²) in [4.78, 5) is 7.22. The van der Waals surface area contributed by atoms with Gasteiger partial charge in [0.2, 0.25) is 0 Å². The summed E-state index contributed by atoms with van der Waals surface area (Å²) in [5.41, 5.74) is 0.345. The minimum Gasteiger partial charge on any atom is -0.383 e. The third-order valence-corrected chi connectivity index (χ3v) is 5.25. The molecule has 0 aromatic rings. The molecule has 0 aliphatic heterocycles. The molecule has 1 fully saturated rings. The van der Waals surface area contributed by atoms with E-state index in [2.05, 4.69) is 36.4 Å². The zero-order valence-electron chi connectivity index (χ0n) is 17.6. The molecule has 0 aromatic heterocycles. The number of ether oxygens (including phenoxy) is 2. The van der Waals surface area contributed by atoms with Gasteiger partial charge in [-0.1, -0.05) is 12.8 Å². The lowest BCUT2D eigenvalue weighted by Crippen LogP contribution is -2.39. The smallest absolute Gasteiger partial charge is 0.191 e. The second-order valence-corrected chi connectivity index (χ2v) is 7.43.